The number of hydrogen-bond acceptors (Lipinski definition) is 5. The molecular weight excluding hydrogens is 420 g/mol. The highest BCUT2D eigenvalue weighted by Gasteiger charge is 2.38. The Balaban J connectivity index is 1.21. The smallest absolute Gasteiger partial charge is 0.324 e. The van der Waals surface area contributed by atoms with Gasteiger partial charge in [-0.25, -0.2) is 4.79 Å². The summed E-state index contributed by atoms with van der Waals surface area (Å²) in [6, 6.07) is 7.16. The largest absolute Gasteiger partial charge is 0.496 e. The van der Waals surface area contributed by atoms with Crippen LogP contribution in [0.4, 0.5) is 4.79 Å². The Morgan fingerprint density at radius 1 is 1.15 bits per heavy atom. The van der Waals surface area contributed by atoms with Gasteiger partial charge in [0.2, 0.25) is 5.91 Å². The monoisotopic (exact) mass is 456 g/mol. The SMILES string of the molecule is COc1ccccc1CCN1C(=O)NC(CCC(=O)NCC2CCCN3CCCCC23)C1=O. The molecule has 1 aromatic rings. The number of ether oxygens (including phenoxy) is 1. The maximum atomic E-state index is 12.7. The summed E-state index contributed by atoms with van der Waals surface area (Å²) >= 11 is 0. The van der Waals surface area contributed by atoms with Gasteiger partial charge in [-0.3, -0.25) is 14.5 Å². The molecule has 3 aliphatic rings. The minimum Gasteiger partial charge on any atom is -0.496 e. The minimum absolute atomic E-state index is 0.0440. The number of urea groups is 1. The molecule has 0 spiro atoms. The summed E-state index contributed by atoms with van der Waals surface area (Å²) in [4.78, 5) is 41.4. The number of benzene rings is 1. The first-order valence-corrected chi connectivity index (χ1v) is 12.3. The molecule has 2 N–H and O–H groups in total. The fraction of sp³-hybridized carbons (Fsp3) is 0.640. The third-order valence-corrected chi connectivity index (χ3v) is 7.35. The summed E-state index contributed by atoms with van der Waals surface area (Å²) in [5.41, 5.74) is 0.947. The standard InChI is InChI=1S/C25H36N4O4/c1-33-22-10-3-2-7-18(22)13-16-29-24(31)20(27-25(29)32)11-12-23(30)26-17-19-8-6-15-28-14-5-4-9-21(19)28/h2-3,7,10,19-21H,4-6,8-9,11-17H2,1H3,(H,26,30)(H,27,32). The molecular formula is C25H36N4O4. The summed E-state index contributed by atoms with van der Waals surface area (Å²) in [7, 11) is 1.60. The number of nitrogens with zero attached hydrogens (tertiary/aromatic N) is 2. The highest BCUT2D eigenvalue weighted by atomic mass is 16.5. The van der Waals surface area contributed by atoms with Gasteiger partial charge < -0.3 is 20.3 Å². The fourth-order valence-electron chi connectivity index (χ4n) is 5.55. The number of imide groups is 1. The Kier molecular flexibility index (Phi) is 7.85. The fourth-order valence-corrected chi connectivity index (χ4v) is 5.55. The highest BCUT2D eigenvalue weighted by Crippen LogP contribution is 2.30. The van der Waals surface area contributed by atoms with E-state index in [0.29, 0.717) is 31.3 Å². The van der Waals surface area contributed by atoms with Crippen molar-refractivity contribution >= 4 is 17.8 Å². The lowest BCUT2D eigenvalue weighted by atomic mass is 9.83. The van der Waals surface area contributed by atoms with Crippen LogP contribution in [0.25, 0.3) is 0 Å². The van der Waals surface area contributed by atoms with Crippen LogP contribution in [-0.2, 0) is 16.0 Å². The van der Waals surface area contributed by atoms with Crippen LogP contribution in [0.2, 0.25) is 0 Å². The normalized spacial score (nSPS) is 25.5. The van der Waals surface area contributed by atoms with Crippen LogP contribution in [0.5, 0.6) is 5.75 Å². The van der Waals surface area contributed by atoms with E-state index in [9.17, 15) is 14.4 Å². The second-order valence-electron chi connectivity index (χ2n) is 9.40. The first kappa shape index (κ1) is 23.5. The van der Waals surface area contributed by atoms with Gasteiger partial charge >= 0.3 is 6.03 Å². The Morgan fingerprint density at radius 2 is 1.97 bits per heavy atom. The molecule has 3 heterocycles. The van der Waals surface area contributed by atoms with Crippen molar-refractivity contribution in [3.8, 4) is 5.75 Å². The molecule has 3 saturated heterocycles. The van der Waals surface area contributed by atoms with Gasteiger partial charge in [0.15, 0.2) is 0 Å². The Bertz CT molecular complexity index is 859. The number of carbonyl (C=O) groups excluding carboxylic acids is 3. The molecule has 4 rings (SSSR count). The van der Waals surface area contributed by atoms with Crippen LogP contribution in [0.3, 0.4) is 0 Å². The summed E-state index contributed by atoms with van der Waals surface area (Å²) in [6.45, 7) is 3.36. The lowest BCUT2D eigenvalue weighted by Crippen LogP contribution is -2.51. The van der Waals surface area contributed by atoms with Crippen molar-refractivity contribution in [2.45, 2.75) is 63.5 Å². The number of methoxy groups -OCH3 is 1. The van der Waals surface area contributed by atoms with Crippen molar-refractivity contribution < 1.29 is 19.1 Å². The number of nitrogens with one attached hydrogen (secondary N) is 2. The Morgan fingerprint density at radius 3 is 2.82 bits per heavy atom. The van der Waals surface area contributed by atoms with E-state index in [-0.39, 0.29) is 30.8 Å². The maximum Gasteiger partial charge on any atom is 0.324 e. The van der Waals surface area contributed by atoms with E-state index in [1.165, 1.54) is 50.1 Å². The number of carbonyl (C=O) groups is 3. The van der Waals surface area contributed by atoms with Crippen molar-refractivity contribution in [3.63, 3.8) is 0 Å². The molecule has 180 valence electrons. The molecule has 0 saturated carbocycles. The van der Waals surface area contributed by atoms with Gasteiger partial charge in [0.05, 0.1) is 7.11 Å². The third kappa shape index (κ3) is 5.66. The number of hydrogen-bond donors (Lipinski definition) is 2. The third-order valence-electron chi connectivity index (χ3n) is 7.35. The average Bonchev–Trinajstić information content (AvgIpc) is 3.12. The van der Waals surface area contributed by atoms with E-state index in [2.05, 4.69) is 15.5 Å². The number of amides is 4. The van der Waals surface area contributed by atoms with E-state index < -0.39 is 6.04 Å². The molecule has 0 radical (unpaired) electrons. The molecule has 3 atom stereocenters. The zero-order chi connectivity index (χ0) is 23.2. The topological polar surface area (TPSA) is 91.0 Å². The van der Waals surface area contributed by atoms with Gasteiger partial charge in [-0.05, 0) is 69.2 Å². The quantitative estimate of drug-likeness (QED) is 0.557. The van der Waals surface area contributed by atoms with Crippen molar-refractivity contribution in [2.75, 3.05) is 33.3 Å². The van der Waals surface area contributed by atoms with Crippen molar-refractivity contribution in [2.24, 2.45) is 5.92 Å². The van der Waals surface area contributed by atoms with Crippen molar-refractivity contribution in [1.29, 1.82) is 0 Å². The molecule has 0 aliphatic carbocycles. The molecule has 3 fully saturated rings. The van der Waals surface area contributed by atoms with Crippen LogP contribution in [0.15, 0.2) is 24.3 Å². The number of rotatable bonds is 9. The molecule has 33 heavy (non-hydrogen) atoms. The first-order chi connectivity index (χ1) is 16.1. The molecule has 4 amide bonds. The Labute approximate surface area is 196 Å². The summed E-state index contributed by atoms with van der Waals surface area (Å²) in [5.74, 6) is 0.957. The van der Waals surface area contributed by atoms with Gasteiger partial charge in [-0.2, -0.15) is 0 Å². The minimum atomic E-state index is -0.635. The van der Waals surface area contributed by atoms with Crippen LogP contribution < -0.4 is 15.4 Å². The lowest BCUT2D eigenvalue weighted by molar-refractivity contribution is -0.127. The molecule has 8 nitrogen and oxygen atoms in total. The van der Waals surface area contributed by atoms with E-state index in [1.807, 2.05) is 24.3 Å². The predicted molar refractivity (Wildman–Crippen MR) is 125 cm³/mol. The maximum absolute atomic E-state index is 12.7. The van der Waals surface area contributed by atoms with Crippen LogP contribution in [-0.4, -0.2) is 73.0 Å². The van der Waals surface area contributed by atoms with Gasteiger partial charge in [0.25, 0.3) is 5.91 Å². The van der Waals surface area contributed by atoms with Gasteiger partial charge in [0.1, 0.15) is 11.8 Å². The number of fused-ring (bicyclic) bond motifs is 1. The van der Waals surface area contributed by atoms with Crippen LogP contribution in [0, 0.1) is 5.92 Å². The second-order valence-corrected chi connectivity index (χ2v) is 9.40. The van der Waals surface area contributed by atoms with Gasteiger partial charge in [-0.1, -0.05) is 24.6 Å². The first-order valence-electron chi connectivity index (χ1n) is 12.3. The molecule has 0 bridgehead atoms. The Hall–Kier alpha value is -2.61. The van der Waals surface area contributed by atoms with E-state index >= 15 is 0 Å². The van der Waals surface area contributed by atoms with E-state index in [0.717, 1.165) is 11.3 Å². The number of piperidine rings is 2. The molecule has 0 aromatic heterocycles. The van der Waals surface area contributed by atoms with Crippen molar-refractivity contribution in [3.05, 3.63) is 29.8 Å². The predicted octanol–water partition coefficient (Wildman–Crippen LogP) is 2.32. The molecule has 1 aromatic carbocycles. The van der Waals surface area contributed by atoms with E-state index in [1.54, 1.807) is 7.11 Å². The molecule has 3 unspecified atom stereocenters. The van der Waals surface area contributed by atoms with Crippen molar-refractivity contribution in [1.82, 2.24) is 20.4 Å². The number of para-hydroxylation sites is 1. The van der Waals surface area contributed by atoms with E-state index in [4.69, 9.17) is 4.74 Å². The van der Waals surface area contributed by atoms with Crippen LogP contribution >= 0.6 is 0 Å². The molecule has 8 heteroatoms. The lowest BCUT2D eigenvalue weighted by Gasteiger charge is -2.44. The van der Waals surface area contributed by atoms with Gasteiger partial charge in [0, 0.05) is 25.6 Å². The summed E-state index contributed by atoms with van der Waals surface area (Å²) in [5, 5.41) is 5.83. The zero-order valence-corrected chi connectivity index (χ0v) is 19.6. The highest BCUT2D eigenvalue weighted by molar-refractivity contribution is 6.04. The van der Waals surface area contributed by atoms with Crippen LogP contribution in [0.1, 0.15) is 50.5 Å². The zero-order valence-electron chi connectivity index (χ0n) is 19.6. The average molecular weight is 457 g/mol. The summed E-state index contributed by atoms with van der Waals surface area (Å²) < 4.78 is 5.35. The second kappa shape index (κ2) is 11.0. The summed E-state index contributed by atoms with van der Waals surface area (Å²) in [6.07, 6.45) is 7.24. The van der Waals surface area contributed by atoms with Gasteiger partial charge in [-0.15, -0.1) is 0 Å². The molecule has 3 aliphatic heterocycles.